The van der Waals surface area contributed by atoms with Crippen molar-refractivity contribution >= 4 is 11.9 Å². The topological polar surface area (TPSA) is 86.0 Å². The monoisotopic (exact) mass is 223 g/mol. The largest absolute Gasteiger partial charge is 0.461 e. The first-order valence-corrected chi connectivity index (χ1v) is 5.55. The number of nitrogen functional groups attached to an aromatic ring is 1. The van der Waals surface area contributed by atoms with E-state index in [4.69, 9.17) is 10.5 Å². The molecule has 0 unspecified atom stereocenters. The Balaban J connectivity index is 2.01. The van der Waals surface area contributed by atoms with Crippen molar-refractivity contribution < 1.29 is 4.74 Å². The van der Waals surface area contributed by atoms with Crippen LogP contribution in [0.4, 0.5) is 11.9 Å². The molecule has 1 fully saturated rings. The van der Waals surface area contributed by atoms with Crippen LogP contribution in [0.5, 0.6) is 6.01 Å². The van der Waals surface area contributed by atoms with Crippen LogP contribution < -0.4 is 15.8 Å². The molecule has 16 heavy (non-hydrogen) atoms. The Morgan fingerprint density at radius 1 is 1.38 bits per heavy atom. The normalized spacial score (nSPS) is 15.2. The molecular formula is C10H17N5O. The third-order valence-electron chi connectivity index (χ3n) is 2.22. The summed E-state index contributed by atoms with van der Waals surface area (Å²) in [6.45, 7) is 4.72. The minimum atomic E-state index is 0.0260. The maximum absolute atomic E-state index is 5.57. The molecule has 0 atom stereocenters. The van der Waals surface area contributed by atoms with Gasteiger partial charge in [-0.3, -0.25) is 0 Å². The van der Waals surface area contributed by atoms with Gasteiger partial charge in [0.25, 0.3) is 0 Å². The predicted octanol–water partition coefficient (Wildman–Crippen LogP) is 1.06. The standard InChI is InChI=1S/C10H17N5O/c1-6(2)16-10-14-8(11)13-9(15-10)12-5-7-3-4-7/h6-7H,3-5H2,1-2H3,(H3,11,12,13,14,15). The molecule has 6 nitrogen and oxygen atoms in total. The summed E-state index contributed by atoms with van der Waals surface area (Å²) in [6, 6.07) is 0.279. The highest BCUT2D eigenvalue weighted by molar-refractivity contribution is 5.32. The molecule has 0 amide bonds. The Kier molecular flexibility index (Phi) is 3.07. The zero-order valence-electron chi connectivity index (χ0n) is 9.60. The Hall–Kier alpha value is -1.59. The summed E-state index contributed by atoms with van der Waals surface area (Å²) >= 11 is 0. The molecule has 1 aliphatic carbocycles. The lowest BCUT2D eigenvalue weighted by atomic mass is 10.4. The lowest BCUT2D eigenvalue weighted by molar-refractivity contribution is 0.222. The van der Waals surface area contributed by atoms with Gasteiger partial charge in [-0.25, -0.2) is 0 Å². The summed E-state index contributed by atoms with van der Waals surface area (Å²) in [6.07, 6.45) is 2.59. The van der Waals surface area contributed by atoms with Crippen molar-refractivity contribution in [2.45, 2.75) is 32.8 Å². The van der Waals surface area contributed by atoms with E-state index in [-0.39, 0.29) is 18.1 Å². The van der Waals surface area contributed by atoms with E-state index in [1.807, 2.05) is 13.8 Å². The van der Waals surface area contributed by atoms with E-state index in [0.29, 0.717) is 5.95 Å². The summed E-state index contributed by atoms with van der Waals surface area (Å²) in [7, 11) is 0. The van der Waals surface area contributed by atoms with Crippen LogP contribution in [0.15, 0.2) is 0 Å². The zero-order valence-corrected chi connectivity index (χ0v) is 9.60. The van der Waals surface area contributed by atoms with Crippen LogP contribution in [0.25, 0.3) is 0 Å². The van der Waals surface area contributed by atoms with E-state index < -0.39 is 0 Å². The fourth-order valence-electron chi connectivity index (χ4n) is 1.27. The first-order valence-electron chi connectivity index (χ1n) is 5.55. The molecule has 0 spiro atoms. The van der Waals surface area contributed by atoms with Crippen LogP contribution in [-0.2, 0) is 0 Å². The van der Waals surface area contributed by atoms with Gasteiger partial charge in [-0.2, -0.15) is 15.0 Å². The van der Waals surface area contributed by atoms with Crippen LogP contribution in [-0.4, -0.2) is 27.6 Å². The number of ether oxygens (including phenoxy) is 1. The summed E-state index contributed by atoms with van der Waals surface area (Å²) in [4.78, 5) is 12.1. The molecule has 0 aromatic carbocycles. The minimum Gasteiger partial charge on any atom is -0.461 e. The molecule has 1 heterocycles. The molecule has 0 aliphatic heterocycles. The van der Waals surface area contributed by atoms with Gasteiger partial charge in [-0.15, -0.1) is 0 Å². The van der Waals surface area contributed by atoms with Gasteiger partial charge in [-0.05, 0) is 32.6 Å². The first kappa shape index (κ1) is 10.9. The number of nitrogens with one attached hydrogen (secondary N) is 1. The maximum Gasteiger partial charge on any atom is 0.323 e. The van der Waals surface area contributed by atoms with Gasteiger partial charge in [-0.1, -0.05) is 0 Å². The van der Waals surface area contributed by atoms with E-state index in [1.165, 1.54) is 12.8 Å². The molecule has 1 aromatic heterocycles. The van der Waals surface area contributed by atoms with Crippen LogP contribution in [0.1, 0.15) is 26.7 Å². The van der Waals surface area contributed by atoms with Crippen molar-refractivity contribution in [1.82, 2.24) is 15.0 Å². The van der Waals surface area contributed by atoms with Gasteiger partial charge in [0.2, 0.25) is 11.9 Å². The summed E-state index contributed by atoms with van der Waals surface area (Å²) in [5.74, 6) is 1.44. The number of hydrogen-bond acceptors (Lipinski definition) is 6. The lowest BCUT2D eigenvalue weighted by Gasteiger charge is -2.09. The third kappa shape index (κ3) is 3.22. The fourth-order valence-corrected chi connectivity index (χ4v) is 1.27. The molecular weight excluding hydrogens is 206 g/mol. The molecule has 1 saturated carbocycles. The minimum absolute atomic E-state index is 0.0260. The fraction of sp³-hybridized carbons (Fsp3) is 0.700. The third-order valence-corrected chi connectivity index (χ3v) is 2.22. The molecule has 0 saturated heterocycles. The van der Waals surface area contributed by atoms with Gasteiger partial charge in [0.05, 0.1) is 6.10 Å². The Morgan fingerprint density at radius 3 is 2.75 bits per heavy atom. The van der Waals surface area contributed by atoms with Crippen molar-refractivity contribution in [3.05, 3.63) is 0 Å². The highest BCUT2D eigenvalue weighted by Crippen LogP contribution is 2.28. The highest BCUT2D eigenvalue weighted by atomic mass is 16.5. The molecule has 1 aliphatic rings. The summed E-state index contributed by atoms with van der Waals surface area (Å²) < 4.78 is 5.38. The smallest absolute Gasteiger partial charge is 0.323 e. The van der Waals surface area contributed by atoms with Gasteiger partial charge in [0, 0.05) is 6.54 Å². The van der Waals surface area contributed by atoms with Crippen LogP contribution >= 0.6 is 0 Å². The van der Waals surface area contributed by atoms with Gasteiger partial charge in [0.1, 0.15) is 0 Å². The molecule has 0 radical (unpaired) electrons. The average Bonchev–Trinajstić information content (AvgIpc) is 2.95. The number of nitrogens with zero attached hydrogens (tertiary/aromatic N) is 3. The summed E-state index contributed by atoms with van der Waals surface area (Å²) in [5.41, 5.74) is 5.57. The van der Waals surface area contributed by atoms with E-state index in [2.05, 4.69) is 20.3 Å². The quantitative estimate of drug-likeness (QED) is 0.776. The van der Waals surface area contributed by atoms with Crippen molar-refractivity contribution in [3.8, 4) is 6.01 Å². The van der Waals surface area contributed by atoms with Crippen molar-refractivity contribution in [2.24, 2.45) is 5.92 Å². The molecule has 0 bridgehead atoms. The van der Waals surface area contributed by atoms with E-state index in [1.54, 1.807) is 0 Å². The van der Waals surface area contributed by atoms with Crippen molar-refractivity contribution in [2.75, 3.05) is 17.6 Å². The number of anilines is 2. The highest BCUT2D eigenvalue weighted by Gasteiger charge is 2.21. The molecule has 3 N–H and O–H groups in total. The molecule has 88 valence electrons. The second kappa shape index (κ2) is 4.51. The number of aromatic nitrogens is 3. The average molecular weight is 223 g/mol. The van der Waals surface area contributed by atoms with E-state index in [9.17, 15) is 0 Å². The Bertz CT molecular complexity index is 364. The lowest BCUT2D eigenvalue weighted by Crippen LogP contribution is -2.13. The molecule has 6 heteroatoms. The van der Waals surface area contributed by atoms with Gasteiger partial charge >= 0.3 is 6.01 Å². The van der Waals surface area contributed by atoms with Crippen LogP contribution in [0.3, 0.4) is 0 Å². The predicted molar refractivity (Wildman–Crippen MR) is 61.2 cm³/mol. The van der Waals surface area contributed by atoms with Crippen LogP contribution in [0.2, 0.25) is 0 Å². The first-order chi connectivity index (χ1) is 7.63. The molecule has 2 rings (SSSR count). The second-order valence-corrected chi connectivity index (χ2v) is 4.29. The number of rotatable bonds is 5. The summed E-state index contributed by atoms with van der Waals surface area (Å²) in [5, 5.41) is 3.14. The maximum atomic E-state index is 5.57. The van der Waals surface area contributed by atoms with Gasteiger partial charge in [0.15, 0.2) is 0 Å². The van der Waals surface area contributed by atoms with Crippen LogP contribution in [0, 0.1) is 5.92 Å². The SMILES string of the molecule is CC(C)Oc1nc(N)nc(NCC2CC2)n1. The second-order valence-electron chi connectivity index (χ2n) is 4.29. The van der Waals surface area contributed by atoms with Gasteiger partial charge < -0.3 is 15.8 Å². The van der Waals surface area contributed by atoms with E-state index in [0.717, 1.165) is 12.5 Å². The van der Waals surface area contributed by atoms with Crippen molar-refractivity contribution in [1.29, 1.82) is 0 Å². The Morgan fingerprint density at radius 2 is 2.12 bits per heavy atom. The zero-order chi connectivity index (χ0) is 11.5. The molecule has 1 aromatic rings. The number of hydrogen-bond donors (Lipinski definition) is 2. The number of nitrogens with two attached hydrogens (primary N) is 1. The van der Waals surface area contributed by atoms with Crippen molar-refractivity contribution in [3.63, 3.8) is 0 Å². The Labute approximate surface area is 94.6 Å². The van der Waals surface area contributed by atoms with E-state index >= 15 is 0 Å².